The quantitative estimate of drug-likeness (QED) is 0.730. The SMILES string of the molecule is CC(C)(C)[Si](C)(C)OC[C@H]1[C@H](O)[C@H]2CCC[C@H]2N1C(=O)OCc1ccccc1. The van der Waals surface area contributed by atoms with E-state index in [1.807, 2.05) is 30.3 Å². The third-order valence-electron chi connectivity index (χ3n) is 6.92. The zero-order chi connectivity index (χ0) is 20.5. The van der Waals surface area contributed by atoms with Crippen LogP contribution in [0.3, 0.4) is 0 Å². The molecular formula is C22H35NO4Si. The van der Waals surface area contributed by atoms with E-state index in [0.717, 1.165) is 24.8 Å². The number of amides is 1. The normalized spacial score (nSPS) is 27.7. The molecule has 0 unspecified atom stereocenters. The number of aliphatic hydroxyl groups is 1. The van der Waals surface area contributed by atoms with Crippen LogP contribution >= 0.6 is 0 Å². The Morgan fingerprint density at radius 1 is 1.21 bits per heavy atom. The average Bonchev–Trinajstić information content (AvgIpc) is 3.20. The zero-order valence-electron chi connectivity index (χ0n) is 17.9. The van der Waals surface area contributed by atoms with Crippen LogP contribution in [0.4, 0.5) is 4.79 Å². The van der Waals surface area contributed by atoms with Gasteiger partial charge in [-0.2, -0.15) is 0 Å². The van der Waals surface area contributed by atoms with Crippen LogP contribution < -0.4 is 0 Å². The second-order valence-electron chi connectivity index (χ2n) is 9.74. The maximum Gasteiger partial charge on any atom is 0.410 e. The lowest BCUT2D eigenvalue weighted by atomic mass is 9.99. The number of rotatable bonds is 5. The fourth-order valence-corrected chi connectivity index (χ4v) is 5.18. The molecule has 0 bridgehead atoms. The van der Waals surface area contributed by atoms with Crippen LogP contribution in [0, 0.1) is 5.92 Å². The van der Waals surface area contributed by atoms with Crippen LogP contribution in [0.15, 0.2) is 30.3 Å². The zero-order valence-corrected chi connectivity index (χ0v) is 18.9. The predicted octanol–water partition coefficient (Wildman–Crippen LogP) is 4.56. The molecule has 2 fully saturated rings. The van der Waals surface area contributed by atoms with E-state index in [-0.39, 0.29) is 35.7 Å². The second kappa shape index (κ2) is 8.17. The van der Waals surface area contributed by atoms with Gasteiger partial charge in [0.25, 0.3) is 0 Å². The summed E-state index contributed by atoms with van der Waals surface area (Å²) in [5.41, 5.74) is 0.965. The van der Waals surface area contributed by atoms with Gasteiger partial charge in [-0.1, -0.05) is 57.5 Å². The standard InChI is InChI=1S/C22H35NO4Si/c1-22(2,3)28(4,5)27-15-19-20(24)17-12-9-13-18(17)23(19)21(25)26-14-16-10-7-6-8-11-16/h6-8,10-11,17-20,24H,9,12-15H2,1-5H3/t17-,18+,19-,20+/m0/s1. The molecule has 1 saturated carbocycles. The second-order valence-corrected chi connectivity index (χ2v) is 14.5. The molecule has 1 heterocycles. The highest BCUT2D eigenvalue weighted by atomic mass is 28.4. The molecule has 0 radical (unpaired) electrons. The molecule has 1 N–H and O–H groups in total. The number of hydrogen-bond donors (Lipinski definition) is 1. The van der Waals surface area contributed by atoms with E-state index in [1.165, 1.54) is 0 Å². The largest absolute Gasteiger partial charge is 0.445 e. The Balaban J connectivity index is 1.71. The first kappa shape index (κ1) is 21.3. The van der Waals surface area contributed by atoms with Gasteiger partial charge in [0.1, 0.15) is 6.61 Å². The van der Waals surface area contributed by atoms with Crippen LogP contribution in [0.5, 0.6) is 0 Å². The highest BCUT2D eigenvalue weighted by Gasteiger charge is 2.53. The Labute approximate surface area is 170 Å². The number of nitrogens with zero attached hydrogens (tertiary/aromatic N) is 1. The van der Waals surface area contributed by atoms with Crippen molar-refractivity contribution in [3.63, 3.8) is 0 Å². The minimum Gasteiger partial charge on any atom is -0.445 e. The fourth-order valence-electron chi connectivity index (χ4n) is 4.16. The fraction of sp³-hybridized carbons (Fsp3) is 0.682. The summed E-state index contributed by atoms with van der Waals surface area (Å²) in [6.45, 7) is 11.6. The number of likely N-dealkylation sites (tertiary alicyclic amines) is 1. The number of benzene rings is 1. The monoisotopic (exact) mass is 405 g/mol. The van der Waals surface area contributed by atoms with Crippen molar-refractivity contribution in [1.82, 2.24) is 4.90 Å². The summed E-state index contributed by atoms with van der Waals surface area (Å²) in [6.07, 6.45) is 2.07. The first-order valence-corrected chi connectivity index (χ1v) is 13.3. The molecule has 2 aliphatic rings. The van der Waals surface area contributed by atoms with Crippen LogP contribution in [-0.4, -0.2) is 49.2 Å². The van der Waals surface area contributed by atoms with Gasteiger partial charge in [0.05, 0.1) is 18.8 Å². The Morgan fingerprint density at radius 3 is 2.54 bits per heavy atom. The topological polar surface area (TPSA) is 59.0 Å². The van der Waals surface area contributed by atoms with Crippen LogP contribution in [0.2, 0.25) is 18.1 Å². The van der Waals surface area contributed by atoms with Gasteiger partial charge in [-0.25, -0.2) is 4.79 Å². The van der Waals surface area contributed by atoms with Crippen molar-refractivity contribution >= 4 is 14.4 Å². The molecule has 1 aromatic rings. The molecule has 3 rings (SSSR count). The van der Waals surface area contributed by atoms with Crippen molar-refractivity contribution in [3.8, 4) is 0 Å². The molecule has 1 aromatic carbocycles. The molecule has 0 aromatic heterocycles. The molecule has 6 heteroatoms. The van der Waals surface area contributed by atoms with Crippen LogP contribution in [0.1, 0.15) is 45.6 Å². The lowest BCUT2D eigenvalue weighted by molar-refractivity contribution is 0.0382. The number of carbonyl (C=O) groups is 1. The first-order valence-electron chi connectivity index (χ1n) is 10.4. The van der Waals surface area contributed by atoms with Gasteiger partial charge >= 0.3 is 6.09 Å². The van der Waals surface area contributed by atoms with Crippen molar-refractivity contribution in [2.75, 3.05) is 6.61 Å². The van der Waals surface area contributed by atoms with Gasteiger partial charge in [0.2, 0.25) is 0 Å². The maximum absolute atomic E-state index is 13.0. The number of carbonyl (C=O) groups excluding carboxylic acids is 1. The maximum atomic E-state index is 13.0. The van der Waals surface area contributed by atoms with E-state index < -0.39 is 14.4 Å². The van der Waals surface area contributed by atoms with Crippen molar-refractivity contribution in [2.45, 2.75) is 83.0 Å². The van der Waals surface area contributed by atoms with E-state index in [2.05, 4.69) is 33.9 Å². The third kappa shape index (κ3) is 4.29. The predicted molar refractivity (Wildman–Crippen MR) is 113 cm³/mol. The molecule has 1 aliphatic heterocycles. The summed E-state index contributed by atoms with van der Waals surface area (Å²) < 4.78 is 12.0. The molecular weight excluding hydrogens is 370 g/mol. The Bertz CT molecular complexity index is 673. The summed E-state index contributed by atoms with van der Waals surface area (Å²) in [5, 5.41) is 11.0. The molecule has 0 spiro atoms. The Morgan fingerprint density at radius 2 is 1.89 bits per heavy atom. The number of aliphatic hydroxyl groups excluding tert-OH is 1. The lowest BCUT2D eigenvalue weighted by Crippen LogP contribution is -2.50. The van der Waals surface area contributed by atoms with Crippen LogP contribution in [-0.2, 0) is 15.8 Å². The van der Waals surface area contributed by atoms with Gasteiger partial charge in [-0.05, 0) is 36.5 Å². The average molecular weight is 406 g/mol. The Kier molecular flexibility index (Phi) is 6.22. The molecule has 5 nitrogen and oxygen atoms in total. The van der Waals surface area contributed by atoms with Gasteiger partial charge in [0, 0.05) is 12.0 Å². The first-order chi connectivity index (χ1) is 13.1. The van der Waals surface area contributed by atoms with Gasteiger partial charge in [-0.3, -0.25) is 4.90 Å². The minimum absolute atomic E-state index is 0.0614. The Hall–Kier alpha value is -1.37. The number of hydrogen-bond acceptors (Lipinski definition) is 4. The van der Waals surface area contributed by atoms with E-state index in [0.29, 0.717) is 6.61 Å². The molecule has 4 atom stereocenters. The minimum atomic E-state index is -1.96. The molecule has 1 saturated heterocycles. The highest BCUT2D eigenvalue weighted by Crippen LogP contribution is 2.43. The van der Waals surface area contributed by atoms with Gasteiger partial charge in [-0.15, -0.1) is 0 Å². The number of ether oxygens (including phenoxy) is 1. The molecule has 1 amide bonds. The third-order valence-corrected chi connectivity index (χ3v) is 11.4. The van der Waals surface area contributed by atoms with E-state index in [9.17, 15) is 9.90 Å². The van der Waals surface area contributed by atoms with E-state index >= 15 is 0 Å². The summed E-state index contributed by atoms with van der Waals surface area (Å²) in [4.78, 5) is 14.8. The van der Waals surface area contributed by atoms with Gasteiger partial charge < -0.3 is 14.3 Å². The molecule has 1 aliphatic carbocycles. The van der Waals surface area contributed by atoms with Crippen molar-refractivity contribution in [3.05, 3.63) is 35.9 Å². The molecule has 28 heavy (non-hydrogen) atoms. The lowest BCUT2D eigenvalue weighted by Gasteiger charge is -2.38. The summed E-state index contributed by atoms with van der Waals surface area (Å²) in [6, 6.07) is 9.45. The smallest absolute Gasteiger partial charge is 0.410 e. The highest BCUT2D eigenvalue weighted by molar-refractivity contribution is 6.74. The summed E-state index contributed by atoms with van der Waals surface area (Å²) in [5.74, 6) is 0.136. The van der Waals surface area contributed by atoms with Crippen LogP contribution in [0.25, 0.3) is 0 Å². The van der Waals surface area contributed by atoms with Crippen molar-refractivity contribution in [1.29, 1.82) is 0 Å². The van der Waals surface area contributed by atoms with Gasteiger partial charge in [0.15, 0.2) is 8.32 Å². The van der Waals surface area contributed by atoms with Crippen molar-refractivity contribution < 1.29 is 19.1 Å². The number of fused-ring (bicyclic) bond motifs is 1. The van der Waals surface area contributed by atoms with E-state index in [4.69, 9.17) is 9.16 Å². The van der Waals surface area contributed by atoms with E-state index in [1.54, 1.807) is 4.90 Å². The van der Waals surface area contributed by atoms with Crippen molar-refractivity contribution in [2.24, 2.45) is 5.92 Å². The summed E-state index contributed by atoms with van der Waals surface area (Å²) >= 11 is 0. The molecule has 156 valence electrons. The summed E-state index contributed by atoms with van der Waals surface area (Å²) in [7, 11) is -1.96.